The molecule has 1 aliphatic rings. The highest BCUT2D eigenvalue weighted by molar-refractivity contribution is 5.89. The first-order valence-corrected chi connectivity index (χ1v) is 5.52. The number of carbonyl (C=O) groups excluding carboxylic acids is 1. The van der Waals surface area contributed by atoms with Gasteiger partial charge < -0.3 is 20.4 Å². The number of benzene rings is 1. The van der Waals surface area contributed by atoms with Gasteiger partial charge in [0, 0.05) is 5.69 Å². The van der Waals surface area contributed by atoms with Gasteiger partial charge in [0.2, 0.25) is 0 Å². The summed E-state index contributed by atoms with van der Waals surface area (Å²) in [6.07, 6.45) is -1.78. The van der Waals surface area contributed by atoms with E-state index in [-0.39, 0.29) is 19.1 Å². The molecule has 0 bridgehead atoms. The van der Waals surface area contributed by atoms with E-state index in [2.05, 4.69) is 5.32 Å². The number of β-amino-alcohol motifs (C(OH)–C–C–N with tert-alkyl or cyclic N) is 2. The van der Waals surface area contributed by atoms with Crippen molar-refractivity contribution >= 4 is 11.7 Å². The highest BCUT2D eigenvalue weighted by Crippen LogP contribution is 2.14. The first-order valence-electron chi connectivity index (χ1n) is 5.52. The number of urea groups is 1. The first-order chi connectivity index (χ1) is 8.60. The lowest BCUT2D eigenvalue weighted by atomic mass is 10.2. The van der Waals surface area contributed by atoms with E-state index in [1.165, 1.54) is 4.90 Å². The number of hydrogen-bond donors (Lipinski definition) is 3. The summed E-state index contributed by atoms with van der Waals surface area (Å²) in [4.78, 5) is 13.1. The molecule has 1 aromatic carbocycles. The van der Waals surface area contributed by atoms with Crippen LogP contribution in [0.25, 0.3) is 0 Å². The van der Waals surface area contributed by atoms with Crippen LogP contribution in [0.3, 0.4) is 0 Å². The molecule has 0 aliphatic carbocycles. The SMILES string of the molecule is N#Cc1ccc(NC(=O)N2CC(O)C(O)C2)cc1. The Morgan fingerprint density at radius 3 is 2.33 bits per heavy atom. The fourth-order valence-corrected chi connectivity index (χ4v) is 1.77. The molecule has 94 valence electrons. The van der Waals surface area contributed by atoms with E-state index < -0.39 is 12.2 Å². The van der Waals surface area contributed by atoms with E-state index in [0.29, 0.717) is 11.3 Å². The summed E-state index contributed by atoms with van der Waals surface area (Å²) < 4.78 is 0. The average molecular weight is 247 g/mol. The summed E-state index contributed by atoms with van der Waals surface area (Å²) in [5.74, 6) is 0. The van der Waals surface area contributed by atoms with Gasteiger partial charge >= 0.3 is 6.03 Å². The number of nitriles is 1. The minimum absolute atomic E-state index is 0.114. The molecule has 3 N–H and O–H groups in total. The Bertz CT molecular complexity index is 470. The molecule has 1 fully saturated rings. The van der Waals surface area contributed by atoms with Crippen LogP contribution < -0.4 is 5.32 Å². The topological polar surface area (TPSA) is 96.6 Å². The van der Waals surface area contributed by atoms with Crippen LogP contribution in [0.4, 0.5) is 10.5 Å². The molecule has 6 nitrogen and oxygen atoms in total. The van der Waals surface area contributed by atoms with E-state index in [1.54, 1.807) is 24.3 Å². The van der Waals surface area contributed by atoms with E-state index in [4.69, 9.17) is 5.26 Å². The van der Waals surface area contributed by atoms with Crippen LogP contribution in [0, 0.1) is 11.3 Å². The van der Waals surface area contributed by atoms with Crippen LogP contribution in [0.5, 0.6) is 0 Å². The third-order valence-corrected chi connectivity index (χ3v) is 2.81. The lowest BCUT2D eigenvalue weighted by Gasteiger charge is -2.16. The van der Waals surface area contributed by atoms with E-state index in [9.17, 15) is 15.0 Å². The van der Waals surface area contributed by atoms with Gasteiger partial charge in [-0.2, -0.15) is 5.26 Å². The number of hydrogen-bond acceptors (Lipinski definition) is 4. The zero-order valence-electron chi connectivity index (χ0n) is 9.58. The van der Waals surface area contributed by atoms with Crippen molar-refractivity contribution in [2.24, 2.45) is 0 Å². The number of aliphatic hydroxyl groups excluding tert-OH is 2. The largest absolute Gasteiger partial charge is 0.388 e. The van der Waals surface area contributed by atoms with E-state index in [1.807, 2.05) is 6.07 Å². The number of nitrogens with one attached hydrogen (secondary N) is 1. The molecule has 1 aromatic rings. The zero-order chi connectivity index (χ0) is 13.1. The average Bonchev–Trinajstić information content (AvgIpc) is 2.71. The molecule has 1 aliphatic heterocycles. The monoisotopic (exact) mass is 247 g/mol. The van der Waals surface area contributed by atoms with Gasteiger partial charge in [0.1, 0.15) is 0 Å². The normalized spacial score (nSPS) is 22.6. The molecular weight excluding hydrogens is 234 g/mol. The number of nitrogens with zero attached hydrogens (tertiary/aromatic N) is 2. The van der Waals surface area contributed by atoms with Crippen LogP contribution >= 0.6 is 0 Å². The number of aliphatic hydroxyl groups is 2. The second kappa shape index (κ2) is 5.04. The van der Waals surface area contributed by atoms with Crippen LogP contribution in [0.15, 0.2) is 24.3 Å². The number of rotatable bonds is 1. The van der Waals surface area contributed by atoms with Crippen molar-refractivity contribution in [1.82, 2.24) is 4.90 Å². The molecule has 2 rings (SSSR count). The second-order valence-electron chi connectivity index (χ2n) is 4.16. The van der Waals surface area contributed by atoms with Gasteiger partial charge in [-0.25, -0.2) is 4.79 Å². The molecule has 18 heavy (non-hydrogen) atoms. The predicted molar refractivity (Wildman–Crippen MR) is 63.8 cm³/mol. The van der Waals surface area contributed by atoms with Crippen molar-refractivity contribution in [1.29, 1.82) is 5.26 Å². The summed E-state index contributed by atoms with van der Waals surface area (Å²) in [5, 5.41) is 30.0. The Labute approximate surface area is 104 Å². The molecule has 2 amide bonds. The molecule has 1 heterocycles. The van der Waals surface area contributed by atoms with Crippen molar-refractivity contribution in [3.63, 3.8) is 0 Å². The number of likely N-dealkylation sites (tertiary alicyclic amines) is 1. The summed E-state index contributed by atoms with van der Waals surface area (Å²) in [6, 6.07) is 8.06. The summed E-state index contributed by atoms with van der Waals surface area (Å²) in [5.41, 5.74) is 1.08. The van der Waals surface area contributed by atoms with Crippen molar-refractivity contribution in [2.45, 2.75) is 12.2 Å². The van der Waals surface area contributed by atoms with Crippen molar-refractivity contribution in [2.75, 3.05) is 18.4 Å². The molecule has 0 spiro atoms. The first kappa shape index (κ1) is 12.4. The Kier molecular flexibility index (Phi) is 3.46. The van der Waals surface area contributed by atoms with Gasteiger partial charge in [-0.1, -0.05) is 0 Å². The van der Waals surface area contributed by atoms with Crippen LogP contribution in [0.1, 0.15) is 5.56 Å². The van der Waals surface area contributed by atoms with E-state index in [0.717, 1.165) is 0 Å². The van der Waals surface area contributed by atoms with Crippen molar-refractivity contribution in [3.05, 3.63) is 29.8 Å². The third kappa shape index (κ3) is 2.59. The Hall–Kier alpha value is -2.10. The van der Waals surface area contributed by atoms with Gasteiger partial charge in [0.25, 0.3) is 0 Å². The van der Waals surface area contributed by atoms with Crippen LogP contribution in [-0.4, -0.2) is 46.4 Å². The fraction of sp³-hybridized carbons (Fsp3) is 0.333. The van der Waals surface area contributed by atoms with Crippen molar-refractivity contribution in [3.8, 4) is 6.07 Å². The second-order valence-corrected chi connectivity index (χ2v) is 4.16. The summed E-state index contributed by atoms with van der Waals surface area (Å²) in [6.45, 7) is 0.229. The molecule has 2 unspecified atom stereocenters. The van der Waals surface area contributed by atoms with Gasteiger partial charge in [0.15, 0.2) is 0 Å². The Morgan fingerprint density at radius 1 is 1.28 bits per heavy atom. The highest BCUT2D eigenvalue weighted by Gasteiger charge is 2.32. The number of carbonyl (C=O) groups is 1. The minimum atomic E-state index is -0.892. The highest BCUT2D eigenvalue weighted by atomic mass is 16.3. The summed E-state index contributed by atoms with van der Waals surface area (Å²) >= 11 is 0. The molecule has 0 saturated carbocycles. The standard InChI is InChI=1S/C12H13N3O3/c13-5-8-1-3-9(4-2-8)14-12(18)15-6-10(16)11(17)7-15/h1-4,10-11,16-17H,6-7H2,(H,14,18). The smallest absolute Gasteiger partial charge is 0.322 e. The molecule has 6 heteroatoms. The molecule has 1 saturated heterocycles. The van der Waals surface area contributed by atoms with E-state index >= 15 is 0 Å². The third-order valence-electron chi connectivity index (χ3n) is 2.81. The lowest BCUT2D eigenvalue weighted by Crippen LogP contribution is -2.33. The van der Waals surface area contributed by atoms with Gasteiger partial charge in [-0.05, 0) is 24.3 Å². The summed E-state index contributed by atoms with van der Waals surface area (Å²) in [7, 11) is 0. The maximum absolute atomic E-state index is 11.8. The Balaban J connectivity index is 1.97. The predicted octanol–water partition coefficient (Wildman–Crippen LogP) is 0.128. The van der Waals surface area contributed by atoms with Gasteiger partial charge in [-0.15, -0.1) is 0 Å². The van der Waals surface area contributed by atoms with Crippen LogP contribution in [-0.2, 0) is 0 Å². The van der Waals surface area contributed by atoms with Crippen molar-refractivity contribution < 1.29 is 15.0 Å². The fourth-order valence-electron chi connectivity index (χ4n) is 1.77. The molecule has 0 aromatic heterocycles. The zero-order valence-corrected chi connectivity index (χ0v) is 9.58. The maximum atomic E-state index is 11.8. The molecular formula is C12H13N3O3. The van der Waals surface area contributed by atoms with Crippen LogP contribution in [0.2, 0.25) is 0 Å². The minimum Gasteiger partial charge on any atom is -0.388 e. The Morgan fingerprint density at radius 2 is 1.83 bits per heavy atom. The molecule has 2 atom stereocenters. The quantitative estimate of drug-likeness (QED) is 0.657. The van der Waals surface area contributed by atoms with Gasteiger partial charge in [-0.3, -0.25) is 0 Å². The number of amides is 2. The number of anilines is 1. The van der Waals surface area contributed by atoms with Gasteiger partial charge in [0.05, 0.1) is 36.9 Å². The maximum Gasteiger partial charge on any atom is 0.322 e. The lowest BCUT2D eigenvalue weighted by molar-refractivity contribution is 0.0572. The molecule has 0 radical (unpaired) electrons.